The van der Waals surface area contributed by atoms with Crippen molar-refractivity contribution in [2.24, 2.45) is 0 Å². The Morgan fingerprint density at radius 3 is 2.92 bits per heavy atom. The number of anilines is 1. The first-order valence-electron chi connectivity index (χ1n) is 7.85. The molecule has 0 bridgehead atoms. The fourth-order valence-electron chi connectivity index (χ4n) is 2.46. The van der Waals surface area contributed by atoms with E-state index in [0.717, 1.165) is 29.2 Å². The maximum Gasteiger partial charge on any atom is 0.307 e. The second kappa shape index (κ2) is 9.08. The Morgan fingerprint density at radius 1 is 1.50 bits per heavy atom. The van der Waals surface area contributed by atoms with E-state index in [4.69, 9.17) is 9.84 Å². The molecule has 0 amide bonds. The number of carboxylic acids is 1. The zero-order chi connectivity index (χ0) is 17.5. The molecule has 0 aliphatic carbocycles. The smallest absolute Gasteiger partial charge is 0.307 e. The number of hydrogen-bond donors (Lipinski definition) is 2. The van der Waals surface area contributed by atoms with E-state index in [2.05, 4.69) is 18.3 Å². The molecule has 6 heteroatoms. The summed E-state index contributed by atoms with van der Waals surface area (Å²) in [5.41, 5.74) is 3.21. The molecule has 1 unspecified atom stereocenters. The molecule has 24 heavy (non-hydrogen) atoms. The molecular weight excluding hydrogens is 342 g/mol. The highest BCUT2D eigenvalue weighted by Crippen LogP contribution is 2.44. The van der Waals surface area contributed by atoms with Gasteiger partial charge in [-0.15, -0.1) is 11.8 Å². The number of methoxy groups -OCH3 is 1. The van der Waals surface area contributed by atoms with Crippen molar-refractivity contribution in [3.63, 3.8) is 0 Å². The number of benzene rings is 1. The molecule has 2 rings (SSSR count). The molecule has 1 aromatic rings. The van der Waals surface area contributed by atoms with Crippen LogP contribution in [0.2, 0.25) is 0 Å². The number of allylic oxidation sites excluding steroid dienone is 2. The normalized spacial score (nSPS) is 17.4. The van der Waals surface area contributed by atoms with Gasteiger partial charge in [-0.2, -0.15) is 0 Å². The fourth-order valence-corrected chi connectivity index (χ4v) is 5.01. The number of ether oxygens (including phenoxy) is 1. The molecular formula is C18H23NO3S2. The standard InChI is InChI=1S/C18H23NO3S2/c1-4-6-13(9-17(20)21)12(5-2)11-23-18-19-15-10-14(22-3)7-8-16(15)24-18/h4,6-8,10,18-19H,5,9,11H2,1-3H3,(H,20,21)/b6-4-,13-12-. The monoisotopic (exact) mass is 365 g/mol. The Kier molecular flexibility index (Phi) is 7.12. The average molecular weight is 366 g/mol. The number of hydrogen-bond acceptors (Lipinski definition) is 5. The molecule has 2 N–H and O–H groups in total. The van der Waals surface area contributed by atoms with Crippen LogP contribution in [0.25, 0.3) is 0 Å². The number of nitrogens with one attached hydrogen (secondary N) is 1. The van der Waals surface area contributed by atoms with Gasteiger partial charge in [0.1, 0.15) is 10.5 Å². The number of carboxylic acid groups (broad SMARTS) is 1. The van der Waals surface area contributed by atoms with Crippen LogP contribution in [0.1, 0.15) is 26.7 Å². The summed E-state index contributed by atoms with van der Waals surface area (Å²) in [6.07, 6.45) is 4.76. The van der Waals surface area contributed by atoms with Gasteiger partial charge >= 0.3 is 5.97 Å². The highest BCUT2D eigenvalue weighted by Gasteiger charge is 2.22. The van der Waals surface area contributed by atoms with Crippen LogP contribution in [0.4, 0.5) is 5.69 Å². The predicted octanol–water partition coefficient (Wildman–Crippen LogP) is 4.99. The van der Waals surface area contributed by atoms with Gasteiger partial charge in [-0.1, -0.05) is 36.4 Å². The first-order chi connectivity index (χ1) is 11.6. The van der Waals surface area contributed by atoms with E-state index in [-0.39, 0.29) is 11.1 Å². The molecule has 1 heterocycles. The van der Waals surface area contributed by atoms with Crippen LogP contribution < -0.4 is 10.1 Å². The summed E-state index contributed by atoms with van der Waals surface area (Å²) in [4.78, 5) is 12.3. The molecule has 0 aromatic heterocycles. The van der Waals surface area contributed by atoms with Gasteiger partial charge in [0.15, 0.2) is 0 Å². The van der Waals surface area contributed by atoms with Gasteiger partial charge < -0.3 is 15.2 Å². The highest BCUT2D eigenvalue weighted by molar-refractivity contribution is 8.17. The van der Waals surface area contributed by atoms with E-state index in [9.17, 15) is 4.79 Å². The van der Waals surface area contributed by atoms with Crippen LogP contribution in [0.5, 0.6) is 5.75 Å². The maximum absolute atomic E-state index is 11.1. The third kappa shape index (κ3) is 4.98. The van der Waals surface area contributed by atoms with Crippen molar-refractivity contribution in [3.05, 3.63) is 41.5 Å². The number of fused-ring (bicyclic) bond motifs is 1. The molecule has 1 aromatic carbocycles. The van der Waals surface area contributed by atoms with Gasteiger partial charge in [-0.3, -0.25) is 4.79 Å². The van der Waals surface area contributed by atoms with Crippen molar-refractivity contribution < 1.29 is 14.6 Å². The lowest BCUT2D eigenvalue weighted by atomic mass is 10.0. The van der Waals surface area contributed by atoms with E-state index in [0.29, 0.717) is 0 Å². The third-order valence-corrected chi connectivity index (χ3v) is 6.27. The maximum atomic E-state index is 11.1. The van der Waals surface area contributed by atoms with Gasteiger partial charge in [-0.25, -0.2) is 0 Å². The average Bonchev–Trinajstić information content (AvgIpc) is 2.96. The quantitative estimate of drug-likeness (QED) is 0.633. The Balaban J connectivity index is 2.02. The van der Waals surface area contributed by atoms with Crippen molar-refractivity contribution in [1.29, 1.82) is 0 Å². The van der Waals surface area contributed by atoms with Crippen molar-refractivity contribution in [2.75, 3.05) is 18.2 Å². The van der Waals surface area contributed by atoms with Crippen LogP contribution in [-0.4, -0.2) is 28.6 Å². The largest absolute Gasteiger partial charge is 0.497 e. The molecule has 4 nitrogen and oxygen atoms in total. The molecule has 0 spiro atoms. The first kappa shape index (κ1) is 18.8. The zero-order valence-electron chi connectivity index (χ0n) is 14.2. The molecule has 0 saturated carbocycles. The zero-order valence-corrected chi connectivity index (χ0v) is 15.8. The highest BCUT2D eigenvalue weighted by atomic mass is 32.2. The lowest BCUT2D eigenvalue weighted by molar-refractivity contribution is -0.136. The Bertz CT molecular complexity index is 656. The van der Waals surface area contributed by atoms with Gasteiger partial charge in [0.05, 0.1) is 19.2 Å². The minimum atomic E-state index is -0.785. The van der Waals surface area contributed by atoms with Gasteiger partial charge in [0, 0.05) is 16.7 Å². The van der Waals surface area contributed by atoms with Crippen LogP contribution in [0, 0.1) is 0 Å². The van der Waals surface area contributed by atoms with Crippen LogP contribution in [0.15, 0.2) is 46.4 Å². The van der Waals surface area contributed by atoms with Crippen molar-refractivity contribution in [2.45, 2.75) is 36.3 Å². The predicted molar refractivity (Wildman–Crippen MR) is 103 cm³/mol. The lowest BCUT2D eigenvalue weighted by Crippen LogP contribution is -2.08. The van der Waals surface area contributed by atoms with E-state index in [1.165, 1.54) is 10.5 Å². The molecule has 0 radical (unpaired) electrons. The summed E-state index contributed by atoms with van der Waals surface area (Å²) >= 11 is 3.58. The minimum absolute atomic E-state index is 0.0801. The van der Waals surface area contributed by atoms with Crippen molar-refractivity contribution in [1.82, 2.24) is 0 Å². The summed E-state index contributed by atoms with van der Waals surface area (Å²) in [6, 6.07) is 6.04. The molecule has 130 valence electrons. The molecule has 1 aliphatic heterocycles. The number of aliphatic carboxylic acids is 1. The van der Waals surface area contributed by atoms with Crippen LogP contribution in [0.3, 0.4) is 0 Å². The lowest BCUT2D eigenvalue weighted by Gasteiger charge is -2.14. The SMILES string of the molecule is C/C=C\C(CC(=O)O)=C(/CC)CSC1Nc2cc(OC)ccc2S1. The van der Waals surface area contributed by atoms with E-state index < -0.39 is 5.97 Å². The number of thioether (sulfide) groups is 2. The Labute approximate surface area is 151 Å². The number of rotatable bonds is 8. The summed E-state index contributed by atoms with van der Waals surface area (Å²) in [6.45, 7) is 4.00. The second-order valence-corrected chi connectivity index (χ2v) is 7.86. The number of carbonyl (C=O) groups is 1. The topological polar surface area (TPSA) is 58.6 Å². The summed E-state index contributed by atoms with van der Waals surface area (Å²) < 4.78 is 5.49. The van der Waals surface area contributed by atoms with Crippen molar-refractivity contribution >= 4 is 35.2 Å². The van der Waals surface area contributed by atoms with E-state index >= 15 is 0 Å². The molecule has 1 atom stereocenters. The van der Waals surface area contributed by atoms with E-state index in [1.54, 1.807) is 30.6 Å². The first-order valence-corrected chi connectivity index (χ1v) is 9.78. The molecule has 0 fully saturated rings. The summed E-state index contributed by atoms with van der Waals surface area (Å²) in [7, 11) is 1.67. The van der Waals surface area contributed by atoms with Crippen molar-refractivity contribution in [3.8, 4) is 5.75 Å². The Hall–Kier alpha value is -1.53. The second-order valence-electron chi connectivity index (χ2n) is 5.32. The molecule has 1 aliphatic rings. The minimum Gasteiger partial charge on any atom is -0.497 e. The van der Waals surface area contributed by atoms with Gasteiger partial charge in [-0.05, 0) is 31.1 Å². The summed E-state index contributed by atoms with van der Waals surface area (Å²) in [5, 5.41) is 12.6. The Morgan fingerprint density at radius 2 is 2.29 bits per heavy atom. The summed E-state index contributed by atoms with van der Waals surface area (Å²) in [5.74, 6) is 0.879. The van der Waals surface area contributed by atoms with Gasteiger partial charge in [0.25, 0.3) is 0 Å². The molecule has 0 saturated heterocycles. The van der Waals surface area contributed by atoms with Gasteiger partial charge in [0.2, 0.25) is 0 Å². The third-order valence-electron chi connectivity index (χ3n) is 3.69. The van der Waals surface area contributed by atoms with Crippen LogP contribution in [-0.2, 0) is 4.79 Å². The fraction of sp³-hybridized carbons (Fsp3) is 0.389. The van der Waals surface area contributed by atoms with Crippen LogP contribution >= 0.6 is 23.5 Å². The van der Waals surface area contributed by atoms with E-state index in [1.807, 2.05) is 31.2 Å².